The lowest BCUT2D eigenvalue weighted by Crippen LogP contribution is -2.43. The minimum absolute atomic E-state index is 0.161. The maximum Gasteiger partial charge on any atom is 0.513 e. The van der Waals surface area contributed by atoms with Gasteiger partial charge >= 0.3 is 9.99 Å². The number of nitrogens with zero attached hydrogens (tertiary/aromatic N) is 4. The Balaban J connectivity index is 5.14. The van der Waals surface area contributed by atoms with Crippen molar-refractivity contribution in [2.45, 2.75) is 23.8 Å². The molecule has 0 aliphatic heterocycles. The third kappa shape index (κ3) is 2.95. The summed E-state index contributed by atoms with van der Waals surface area (Å²) in [5.74, 6) is 0. The van der Waals surface area contributed by atoms with Crippen LogP contribution in [-0.2, 0) is 0 Å². The fraction of sp³-hybridized carbons (Fsp3) is 1.00. The summed E-state index contributed by atoms with van der Waals surface area (Å²) < 4.78 is 0. The van der Waals surface area contributed by atoms with E-state index >= 15 is 0 Å². The second-order valence-corrected chi connectivity index (χ2v) is 5.94. The van der Waals surface area contributed by atoms with Gasteiger partial charge in [0.05, 0.1) is 35.4 Å². The number of hydrogen-bond donors (Lipinski definition) is 0. The van der Waals surface area contributed by atoms with E-state index in [0.717, 1.165) is 0 Å². The Morgan fingerprint density at radius 1 is 0.667 bits per heavy atom. The maximum atomic E-state index is 10.5. The van der Waals surface area contributed by atoms with Crippen LogP contribution in [0.25, 0.3) is 0 Å². The summed E-state index contributed by atoms with van der Waals surface area (Å²) in [5, 5.41) is 42.0. The molecule has 0 heterocycles. The summed E-state index contributed by atoms with van der Waals surface area (Å²) in [6.45, 7) is 1.18. The molecule has 102 valence electrons. The Kier molecular flexibility index (Phi) is 4.80. The molecule has 0 aromatic rings. The van der Waals surface area contributed by atoms with E-state index in [1.807, 2.05) is 0 Å². The van der Waals surface area contributed by atoms with E-state index in [9.17, 15) is 40.5 Å². The predicted octanol–water partition coefficient (Wildman–Crippen LogP) is 0.822. The van der Waals surface area contributed by atoms with Crippen molar-refractivity contribution >= 4 is 21.6 Å². The van der Waals surface area contributed by atoms with Crippen LogP contribution in [0.2, 0.25) is 0 Å². The van der Waals surface area contributed by atoms with Crippen molar-refractivity contribution in [1.29, 1.82) is 0 Å². The van der Waals surface area contributed by atoms with Gasteiger partial charge in [-0.2, -0.15) is 0 Å². The molecule has 0 radical (unpaired) electrons. The molecule has 0 aliphatic rings. The lowest BCUT2D eigenvalue weighted by molar-refractivity contribution is -0.759. The monoisotopic (exact) mass is 302 g/mol. The topological polar surface area (TPSA) is 173 Å². The van der Waals surface area contributed by atoms with E-state index < -0.39 is 29.7 Å². The highest BCUT2D eigenvalue weighted by Crippen LogP contribution is 2.44. The number of nitro groups is 4. The first kappa shape index (κ1) is 16.3. The lowest BCUT2D eigenvalue weighted by atomic mass is 10.6. The second-order valence-electron chi connectivity index (χ2n) is 3.06. The Morgan fingerprint density at radius 3 is 0.944 bits per heavy atom. The van der Waals surface area contributed by atoms with Crippen LogP contribution in [-0.4, -0.2) is 29.7 Å². The third-order valence-electron chi connectivity index (χ3n) is 1.71. The fourth-order valence-corrected chi connectivity index (χ4v) is 2.65. The summed E-state index contributed by atoms with van der Waals surface area (Å²) in [4.78, 5) is 31.3. The van der Waals surface area contributed by atoms with Crippen molar-refractivity contribution < 1.29 is 19.7 Å². The summed E-state index contributed by atoms with van der Waals surface area (Å²) in [5.41, 5.74) is 0. The van der Waals surface area contributed by atoms with Crippen molar-refractivity contribution in [1.82, 2.24) is 0 Å². The van der Waals surface area contributed by atoms with Crippen LogP contribution >= 0.6 is 21.6 Å². The number of hydrogen-bond acceptors (Lipinski definition) is 10. The fourth-order valence-electron chi connectivity index (χ4n) is 0.413. The molecule has 0 unspecified atom stereocenters. The van der Waals surface area contributed by atoms with Crippen LogP contribution in [0, 0.1) is 40.5 Å². The molecule has 0 saturated carbocycles. The maximum absolute atomic E-state index is 10.5. The normalized spacial score (nSPS) is 11.9. The third-order valence-corrected chi connectivity index (χ3v) is 5.17. The minimum Gasteiger partial charge on any atom is -0.258 e. The van der Waals surface area contributed by atoms with Crippen LogP contribution in [0.5, 0.6) is 0 Å². The van der Waals surface area contributed by atoms with E-state index in [1.165, 1.54) is 0 Å². The average Bonchev–Trinajstić information content (AvgIpc) is 2.23. The molecule has 0 bridgehead atoms. The van der Waals surface area contributed by atoms with Crippen LogP contribution in [0.4, 0.5) is 0 Å². The van der Waals surface area contributed by atoms with E-state index in [1.54, 1.807) is 0 Å². The van der Waals surface area contributed by atoms with Crippen molar-refractivity contribution in [3.8, 4) is 0 Å². The summed E-state index contributed by atoms with van der Waals surface area (Å²) in [6.07, 6.45) is 0. The van der Waals surface area contributed by atoms with Crippen molar-refractivity contribution in [3.63, 3.8) is 0 Å². The molecular weight excluding hydrogens is 296 g/mol. The molecule has 14 heteroatoms. The van der Waals surface area contributed by atoms with Gasteiger partial charge in [-0.05, 0) is 0 Å². The molecule has 0 rings (SSSR count). The lowest BCUT2D eigenvalue weighted by Gasteiger charge is -2.13. The van der Waals surface area contributed by atoms with Crippen LogP contribution in [0.1, 0.15) is 13.8 Å². The quantitative estimate of drug-likeness (QED) is 0.283. The Bertz CT molecular complexity index is 346. The molecule has 0 saturated heterocycles. The molecule has 0 atom stereocenters. The molecule has 12 nitrogen and oxygen atoms in total. The first-order chi connectivity index (χ1) is 7.98. The van der Waals surface area contributed by atoms with Crippen LogP contribution in [0.15, 0.2) is 0 Å². The van der Waals surface area contributed by atoms with Gasteiger partial charge < -0.3 is 0 Å². The zero-order valence-corrected chi connectivity index (χ0v) is 10.5. The van der Waals surface area contributed by atoms with Gasteiger partial charge in [-0.1, -0.05) is 0 Å². The Morgan fingerprint density at radius 2 is 0.833 bits per heavy atom. The molecule has 0 amide bonds. The predicted molar refractivity (Wildman–Crippen MR) is 60.0 cm³/mol. The smallest absolute Gasteiger partial charge is 0.258 e. The van der Waals surface area contributed by atoms with Crippen molar-refractivity contribution in [2.75, 3.05) is 0 Å². The van der Waals surface area contributed by atoms with Gasteiger partial charge in [-0.15, -0.1) is 0 Å². The van der Waals surface area contributed by atoms with Crippen molar-refractivity contribution in [2.24, 2.45) is 0 Å². The average molecular weight is 302 g/mol. The van der Waals surface area contributed by atoms with Gasteiger partial charge in [0.15, 0.2) is 0 Å². The van der Waals surface area contributed by atoms with Gasteiger partial charge in [0.25, 0.3) is 0 Å². The molecule has 18 heavy (non-hydrogen) atoms. The molecule has 0 aromatic carbocycles. The summed E-state index contributed by atoms with van der Waals surface area (Å²) in [7, 11) is -0.322. The van der Waals surface area contributed by atoms with Crippen LogP contribution < -0.4 is 0 Å². The molecule has 0 aromatic heterocycles. The largest absolute Gasteiger partial charge is 0.513 e. The van der Waals surface area contributed by atoms with Gasteiger partial charge in [0.2, 0.25) is 0 Å². The van der Waals surface area contributed by atoms with Crippen molar-refractivity contribution in [3.05, 3.63) is 40.5 Å². The highest BCUT2D eigenvalue weighted by molar-refractivity contribution is 8.77. The zero-order chi connectivity index (χ0) is 14.7. The van der Waals surface area contributed by atoms with E-state index in [0.29, 0.717) is 13.8 Å². The van der Waals surface area contributed by atoms with E-state index in [2.05, 4.69) is 0 Å². The molecule has 0 spiro atoms. The zero-order valence-electron chi connectivity index (χ0n) is 8.87. The Hall–Kier alpha value is -1.70. The Labute approximate surface area is 106 Å². The summed E-state index contributed by atoms with van der Waals surface area (Å²) in [6, 6.07) is 0. The highest BCUT2D eigenvalue weighted by atomic mass is 33.1. The standard InChI is InChI=1S/C4H6N4O8S2/c1-3(5(9)10,6(11)12)17-18-4(2,7(13)14)8(15)16/h1-2H3. The van der Waals surface area contributed by atoms with Crippen LogP contribution in [0.3, 0.4) is 0 Å². The first-order valence-electron chi connectivity index (χ1n) is 3.93. The number of rotatable bonds is 7. The van der Waals surface area contributed by atoms with Gasteiger partial charge in [0.1, 0.15) is 19.7 Å². The van der Waals surface area contributed by atoms with E-state index in [4.69, 9.17) is 0 Å². The minimum atomic E-state index is -2.81. The molecular formula is C4H6N4O8S2. The van der Waals surface area contributed by atoms with Gasteiger partial charge in [0, 0.05) is 0 Å². The first-order valence-corrected chi connectivity index (χ1v) is 6.08. The summed E-state index contributed by atoms with van der Waals surface area (Å²) >= 11 is 0. The molecule has 0 N–H and O–H groups in total. The van der Waals surface area contributed by atoms with Gasteiger partial charge in [-0.3, -0.25) is 40.5 Å². The SMILES string of the molecule is CC(SSC(C)([N+](=O)[O-])[N+](=O)[O-])([N+](=O)[O-])[N+](=O)[O-]. The van der Waals surface area contributed by atoms with Gasteiger partial charge in [-0.25, -0.2) is 0 Å². The second kappa shape index (κ2) is 5.30. The van der Waals surface area contributed by atoms with E-state index in [-0.39, 0.29) is 21.6 Å². The molecule has 0 aliphatic carbocycles. The molecule has 0 fully saturated rings. The highest BCUT2D eigenvalue weighted by Gasteiger charge is 2.60.